The van der Waals surface area contributed by atoms with Gasteiger partial charge in [0.15, 0.2) is 0 Å². The van der Waals surface area contributed by atoms with E-state index in [1.807, 2.05) is 0 Å². The summed E-state index contributed by atoms with van der Waals surface area (Å²) in [6.45, 7) is 5.88. The smallest absolute Gasteiger partial charge is 0.407 e. The number of amides is 1. The van der Waals surface area contributed by atoms with Crippen LogP contribution < -0.4 is 5.32 Å². The zero-order valence-corrected chi connectivity index (χ0v) is 11.9. The maximum atomic E-state index is 13.2. The minimum Gasteiger partial charge on any atom is -0.508 e. The van der Waals surface area contributed by atoms with Crippen LogP contribution in [0.4, 0.5) is 9.18 Å². The number of halogens is 1. The van der Waals surface area contributed by atoms with E-state index in [4.69, 9.17) is 4.74 Å². The van der Waals surface area contributed by atoms with Crippen molar-refractivity contribution in [1.82, 2.24) is 5.32 Å². The van der Waals surface area contributed by atoms with Crippen molar-refractivity contribution in [2.24, 2.45) is 5.92 Å². The average molecular weight is 281 g/mol. The molecule has 1 aromatic rings. The van der Waals surface area contributed by atoms with Gasteiger partial charge in [-0.1, -0.05) is 0 Å². The number of benzene rings is 1. The number of nitrogens with one attached hydrogen (secondary N) is 1. The summed E-state index contributed by atoms with van der Waals surface area (Å²) in [5.74, 6) is 0.0653. The lowest BCUT2D eigenvalue weighted by molar-refractivity contribution is 0.0525. The molecule has 2 N–H and O–H groups in total. The van der Waals surface area contributed by atoms with E-state index in [1.54, 1.807) is 20.8 Å². The minimum atomic E-state index is -0.520. The van der Waals surface area contributed by atoms with Gasteiger partial charge in [0.2, 0.25) is 0 Å². The molecule has 1 amide bonds. The summed E-state index contributed by atoms with van der Waals surface area (Å²) >= 11 is 0. The molecule has 4 nitrogen and oxygen atoms in total. The number of phenols is 1. The minimum absolute atomic E-state index is 0.0978. The first kappa shape index (κ1) is 14.6. The predicted octanol–water partition coefficient (Wildman–Crippen LogP) is 3.16. The van der Waals surface area contributed by atoms with Gasteiger partial charge in [-0.15, -0.1) is 0 Å². The van der Waals surface area contributed by atoms with E-state index in [2.05, 4.69) is 5.32 Å². The van der Waals surface area contributed by atoms with Gasteiger partial charge in [-0.3, -0.25) is 0 Å². The SMILES string of the molecule is CC(C)(C)OC(=O)NCC1CC1c1cc(F)ccc1O. The summed E-state index contributed by atoms with van der Waals surface area (Å²) in [5.41, 5.74) is 0.0920. The van der Waals surface area contributed by atoms with Gasteiger partial charge in [-0.2, -0.15) is 0 Å². The number of hydrogen-bond acceptors (Lipinski definition) is 3. The summed E-state index contributed by atoms with van der Waals surface area (Å²) in [7, 11) is 0. The highest BCUT2D eigenvalue weighted by Crippen LogP contribution is 2.49. The topological polar surface area (TPSA) is 58.6 Å². The highest BCUT2D eigenvalue weighted by Gasteiger charge is 2.40. The van der Waals surface area contributed by atoms with E-state index in [0.29, 0.717) is 12.1 Å². The molecule has 5 heteroatoms. The molecule has 1 aliphatic carbocycles. The molecule has 0 aromatic heterocycles. The average Bonchev–Trinajstić information content (AvgIpc) is 3.07. The molecular weight excluding hydrogens is 261 g/mol. The van der Waals surface area contributed by atoms with Crippen LogP contribution in [0, 0.1) is 11.7 Å². The number of alkyl carbamates (subject to hydrolysis) is 1. The highest BCUT2D eigenvalue weighted by atomic mass is 19.1. The Morgan fingerprint density at radius 2 is 2.20 bits per heavy atom. The van der Waals surface area contributed by atoms with Crippen LogP contribution >= 0.6 is 0 Å². The summed E-state index contributed by atoms with van der Waals surface area (Å²) in [6, 6.07) is 3.95. The van der Waals surface area contributed by atoms with Crippen molar-refractivity contribution in [2.45, 2.75) is 38.7 Å². The summed E-state index contributed by atoms with van der Waals surface area (Å²) in [4.78, 5) is 11.5. The number of hydrogen-bond donors (Lipinski definition) is 2. The Morgan fingerprint density at radius 3 is 2.85 bits per heavy atom. The van der Waals surface area contributed by atoms with Crippen molar-refractivity contribution in [3.05, 3.63) is 29.6 Å². The van der Waals surface area contributed by atoms with Gasteiger partial charge in [0.05, 0.1) is 0 Å². The zero-order chi connectivity index (χ0) is 14.9. The van der Waals surface area contributed by atoms with E-state index < -0.39 is 11.7 Å². The van der Waals surface area contributed by atoms with Crippen LogP contribution in [-0.4, -0.2) is 23.3 Å². The number of rotatable bonds is 3. The number of phenolic OH excluding ortho intramolecular Hbond substituents is 1. The summed E-state index contributed by atoms with van der Waals surface area (Å²) < 4.78 is 18.3. The first-order valence-corrected chi connectivity index (χ1v) is 6.71. The van der Waals surface area contributed by atoms with Gasteiger partial charge in [-0.05, 0) is 57.2 Å². The molecule has 2 atom stereocenters. The third kappa shape index (κ3) is 3.85. The Hall–Kier alpha value is -1.78. The van der Waals surface area contributed by atoms with Crippen LogP contribution in [0.3, 0.4) is 0 Å². The molecular formula is C15H20FNO3. The molecule has 0 bridgehead atoms. The molecule has 110 valence electrons. The quantitative estimate of drug-likeness (QED) is 0.894. The van der Waals surface area contributed by atoms with Gasteiger partial charge in [0, 0.05) is 12.1 Å². The van der Waals surface area contributed by atoms with Crippen LogP contribution in [0.25, 0.3) is 0 Å². The second kappa shape index (κ2) is 5.31. The fourth-order valence-corrected chi connectivity index (χ4v) is 2.21. The molecule has 1 aliphatic rings. The third-order valence-corrected chi connectivity index (χ3v) is 3.22. The fourth-order valence-electron chi connectivity index (χ4n) is 2.21. The Kier molecular flexibility index (Phi) is 3.88. The fraction of sp³-hybridized carbons (Fsp3) is 0.533. The largest absolute Gasteiger partial charge is 0.508 e. The third-order valence-electron chi connectivity index (χ3n) is 3.22. The van der Waals surface area contributed by atoms with Gasteiger partial charge >= 0.3 is 6.09 Å². The van der Waals surface area contributed by atoms with Crippen molar-refractivity contribution < 1.29 is 19.0 Å². The van der Waals surface area contributed by atoms with E-state index in [-0.39, 0.29) is 23.4 Å². The maximum Gasteiger partial charge on any atom is 0.407 e. The van der Waals surface area contributed by atoms with Gasteiger partial charge < -0.3 is 15.2 Å². The van der Waals surface area contributed by atoms with Crippen LogP contribution in [0.5, 0.6) is 5.75 Å². The van der Waals surface area contributed by atoms with Crippen LogP contribution in [0.1, 0.15) is 38.7 Å². The number of carbonyl (C=O) groups is 1. The second-order valence-corrected chi connectivity index (χ2v) is 6.19. The molecule has 1 aromatic carbocycles. The molecule has 0 aliphatic heterocycles. The first-order chi connectivity index (χ1) is 9.26. The van der Waals surface area contributed by atoms with Gasteiger partial charge in [0.25, 0.3) is 0 Å². The molecule has 20 heavy (non-hydrogen) atoms. The standard InChI is InChI=1S/C15H20FNO3/c1-15(2,3)20-14(19)17-8-9-6-11(9)12-7-10(16)4-5-13(12)18/h4-5,7,9,11,18H,6,8H2,1-3H3,(H,17,19). The van der Waals surface area contributed by atoms with Gasteiger partial charge in [-0.25, -0.2) is 9.18 Å². The number of carbonyl (C=O) groups excluding carboxylic acids is 1. The summed E-state index contributed by atoms with van der Waals surface area (Å²) in [6.07, 6.45) is 0.374. The van der Waals surface area contributed by atoms with Gasteiger partial charge in [0.1, 0.15) is 17.2 Å². The lowest BCUT2D eigenvalue weighted by Gasteiger charge is -2.19. The van der Waals surface area contributed by atoms with Crippen LogP contribution in [-0.2, 0) is 4.74 Å². The molecule has 2 rings (SSSR count). The van der Waals surface area contributed by atoms with Crippen molar-refractivity contribution in [3.8, 4) is 5.75 Å². The predicted molar refractivity (Wildman–Crippen MR) is 73.1 cm³/mol. The van der Waals surface area contributed by atoms with E-state index in [0.717, 1.165) is 6.42 Å². The van der Waals surface area contributed by atoms with Crippen molar-refractivity contribution in [1.29, 1.82) is 0 Å². The Balaban J connectivity index is 1.84. The lowest BCUT2D eigenvalue weighted by Crippen LogP contribution is -2.33. The van der Waals surface area contributed by atoms with E-state index in [1.165, 1.54) is 18.2 Å². The molecule has 0 radical (unpaired) electrons. The number of ether oxygens (including phenoxy) is 1. The number of aromatic hydroxyl groups is 1. The van der Waals surface area contributed by atoms with Crippen molar-refractivity contribution in [2.75, 3.05) is 6.54 Å². The summed E-state index contributed by atoms with van der Waals surface area (Å²) in [5, 5.41) is 12.4. The molecule has 0 spiro atoms. The first-order valence-electron chi connectivity index (χ1n) is 6.71. The molecule has 0 heterocycles. The molecule has 2 unspecified atom stereocenters. The van der Waals surface area contributed by atoms with Crippen LogP contribution in [0.2, 0.25) is 0 Å². The highest BCUT2D eigenvalue weighted by molar-refractivity contribution is 5.67. The Morgan fingerprint density at radius 1 is 1.50 bits per heavy atom. The second-order valence-electron chi connectivity index (χ2n) is 6.19. The zero-order valence-electron chi connectivity index (χ0n) is 11.9. The van der Waals surface area contributed by atoms with Crippen molar-refractivity contribution in [3.63, 3.8) is 0 Å². The van der Waals surface area contributed by atoms with Crippen LogP contribution in [0.15, 0.2) is 18.2 Å². The van der Waals surface area contributed by atoms with E-state index >= 15 is 0 Å². The molecule has 0 saturated heterocycles. The Bertz CT molecular complexity index is 510. The monoisotopic (exact) mass is 281 g/mol. The maximum absolute atomic E-state index is 13.2. The molecule has 1 saturated carbocycles. The Labute approximate surface area is 117 Å². The lowest BCUT2D eigenvalue weighted by atomic mass is 10.1. The molecule has 1 fully saturated rings. The van der Waals surface area contributed by atoms with E-state index in [9.17, 15) is 14.3 Å². The van der Waals surface area contributed by atoms with Crippen molar-refractivity contribution >= 4 is 6.09 Å². The normalized spacial score (nSPS) is 21.4.